The van der Waals surface area contributed by atoms with Gasteiger partial charge in [0.1, 0.15) is 5.69 Å². The van der Waals surface area contributed by atoms with Crippen molar-refractivity contribution in [3.63, 3.8) is 0 Å². The minimum atomic E-state index is -3.76. The molecule has 1 N–H and O–H groups in total. The average molecular weight is 480 g/mol. The third kappa shape index (κ3) is 5.05. The minimum absolute atomic E-state index is 0.0817. The Bertz CT molecular complexity index is 1110. The predicted octanol–water partition coefficient (Wildman–Crippen LogP) is 3.21. The number of esters is 1. The van der Waals surface area contributed by atoms with Gasteiger partial charge in [0.2, 0.25) is 15.8 Å². The number of nitrogens with one attached hydrogen (secondary N) is 1. The maximum absolute atomic E-state index is 13.6. The first-order valence-electron chi connectivity index (χ1n) is 9.04. The number of halogens is 5. The molecule has 0 radical (unpaired) electrons. The molecule has 0 aliphatic heterocycles. The van der Waals surface area contributed by atoms with Gasteiger partial charge in [0.25, 0.3) is 5.91 Å². The number of anilines is 1. The second-order valence-corrected chi connectivity index (χ2v) is 8.12. The maximum Gasteiger partial charge on any atom is 0.338 e. The molecule has 2 aromatic rings. The Morgan fingerprint density at radius 3 is 1.81 bits per heavy atom. The van der Waals surface area contributed by atoms with Gasteiger partial charge in [0.05, 0.1) is 10.5 Å². The van der Waals surface area contributed by atoms with E-state index in [1.54, 1.807) is 13.8 Å². The summed E-state index contributed by atoms with van der Waals surface area (Å²) in [6.07, 6.45) is 0. The number of ether oxygens (including phenoxy) is 1. The molecule has 0 aliphatic rings. The second kappa shape index (κ2) is 10.0. The van der Waals surface area contributed by atoms with Crippen LogP contribution in [0.3, 0.4) is 0 Å². The zero-order valence-electron chi connectivity index (χ0n) is 16.7. The van der Waals surface area contributed by atoms with E-state index >= 15 is 0 Å². The largest absolute Gasteiger partial charge is 0.452 e. The number of sulfonamides is 1. The van der Waals surface area contributed by atoms with Crippen LogP contribution >= 0.6 is 0 Å². The van der Waals surface area contributed by atoms with Gasteiger partial charge in [-0.15, -0.1) is 0 Å². The Kier molecular flexibility index (Phi) is 7.91. The Labute approximate surface area is 179 Å². The molecule has 0 saturated heterocycles. The van der Waals surface area contributed by atoms with E-state index in [0.717, 1.165) is 24.3 Å². The van der Waals surface area contributed by atoms with Gasteiger partial charge in [0, 0.05) is 13.1 Å². The summed E-state index contributed by atoms with van der Waals surface area (Å²) >= 11 is 0. The van der Waals surface area contributed by atoms with E-state index in [0.29, 0.717) is 0 Å². The van der Waals surface area contributed by atoms with Crippen LogP contribution in [0.1, 0.15) is 24.2 Å². The van der Waals surface area contributed by atoms with Crippen LogP contribution in [0.25, 0.3) is 0 Å². The summed E-state index contributed by atoms with van der Waals surface area (Å²) in [5, 5.41) is 1.45. The van der Waals surface area contributed by atoms with Crippen LogP contribution in [-0.2, 0) is 19.6 Å². The molecule has 32 heavy (non-hydrogen) atoms. The predicted molar refractivity (Wildman–Crippen MR) is 102 cm³/mol. The van der Waals surface area contributed by atoms with E-state index in [1.165, 1.54) is 9.62 Å². The highest BCUT2D eigenvalue weighted by Crippen LogP contribution is 2.27. The van der Waals surface area contributed by atoms with Crippen molar-refractivity contribution in [3.05, 3.63) is 58.9 Å². The van der Waals surface area contributed by atoms with Crippen LogP contribution in [0, 0.1) is 29.1 Å². The first kappa shape index (κ1) is 25.2. The molecule has 0 aliphatic carbocycles. The van der Waals surface area contributed by atoms with Gasteiger partial charge in [-0.1, -0.05) is 13.8 Å². The fourth-order valence-electron chi connectivity index (χ4n) is 2.58. The number of carbonyl (C=O) groups is 2. The van der Waals surface area contributed by atoms with Crippen molar-refractivity contribution in [2.45, 2.75) is 18.7 Å². The fourth-order valence-corrected chi connectivity index (χ4v) is 4.04. The van der Waals surface area contributed by atoms with Gasteiger partial charge in [-0.25, -0.2) is 35.2 Å². The summed E-state index contributed by atoms with van der Waals surface area (Å²) in [4.78, 5) is 23.7. The molecule has 7 nitrogen and oxygen atoms in total. The number of hydrogen-bond acceptors (Lipinski definition) is 5. The molecule has 0 aromatic heterocycles. The van der Waals surface area contributed by atoms with Gasteiger partial charge in [-0.3, -0.25) is 4.79 Å². The summed E-state index contributed by atoms with van der Waals surface area (Å²) in [5.74, 6) is -13.9. The van der Waals surface area contributed by atoms with Crippen molar-refractivity contribution >= 4 is 27.6 Å². The lowest BCUT2D eigenvalue weighted by molar-refractivity contribution is -0.119. The lowest BCUT2D eigenvalue weighted by Crippen LogP contribution is -2.30. The Morgan fingerprint density at radius 1 is 0.875 bits per heavy atom. The van der Waals surface area contributed by atoms with Crippen LogP contribution in [0.15, 0.2) is 29.2 Å². The van der Waals surface area contributed by atoms with Gasteiger partial charge in [0.15, 0.2) is 29.9 Å². The molecule has 2 aromatic carbocycles. The molecule has 2 rings (SSSR count). The smallest absolute Gasteiger partial charge is 0.338 e. The summed E-state index contributed by atoms with van der Waals surface area (Å²) in [5.41, 5.74) is -1.74. The monoisotopic (exact) mass is 480 g/mol. The summed E-state index contributed by atoms with van der Waals surface area (Å²) in [6.45, 7) is 2.67. The van der Waals surface area contributed by atoms with Crippen molar-refractivity contribution in [2.75, 3.05) is 25.0 Å². The maximum atomic E-state index is 13.6. The van der Waals surface area contributed by atoms with E-state index in [2.05, 4.69) is 4.74 Å². The topological polar surface area (TPSA) is 92.8 Å². The SMILES string of the molecule is CCN(CC)S(=O)(=O)c1ccc(C(=O)OCC(=O)Nc2c(F)c(F)c(F)c(F)c2F)cc1. The number of hydrogen-bond donors (Lipinski definition) is 1. The minimum Gasteiger partial charge on any atom is -0.452 e. The van der Waals surface area contributed by atoms with Crippen LogP contribution in [0.4, 0.5) is 27.6 Å². The summed E-state index contributed by atoms with van der Waals surface area (Å²) in [6, 6.07) is 4.56. The first-order valence-corrected chi connectivity index (χ1v) is 10.5. The molecule has 1 amide bonds. The van der Waals surface area contributed by atoms with Crippen molar-refractivity contribution < 1.29 is 44.7 Å². The number of amides is 1. The number of carbonyl (C=O) groups excluding carboxylic acids is 2. The molecule has 0 saturated carbocycles. The average Bonchev–Trinajstić information content (AvgIpc) is 2.78. The normalized spacial score (nSPS) is 11.5. The molecule has 174 valence electrons. The molecular formula is C19H17F5N2O5S. The number of rotatable bonds is 8. The third-order valence-corrected chi connectivity index (χ3v) is 6.31. The van der Waals surface area contributed by atoms with Crippen molar-refractivity contribution in [1.29, 1.82) is 0 Å². The van der Waals surface area contributed by atoms with E-state index in [9.17, 15) is 40.0 Å². The number of benzene rings is 2. The molecule has 0 spiro atoms. The quantitative estimate of drug-likeness (QED) is 0.271. The second-order valence-electron chi connectivity index (χ2n) is 6.18. The van der Waals surface area contributed by atoms with E-state index in [1.807, 2.05) is 0 Å². The lowest BCUT2D eigenvalue weighted by Gasteiger charge is -2.18. The molecule has 0 unspecified atom stereocenters. The van der Waals surface area contributed by atoms with Gasteiger partial charge >= 0.3 is 5.97 Å². The van der Waals surface area contributed by atoms with Crippen molar-refractivity contribution in [1.82, 2.24) is 4.31 Å². The lowest BCUT2D eigenvalue weighted by atomic mass is 10.2. The zero-order valence-corrected chi connectivity index (χ0v) is 17.5. The number of nitrogens with zero attached hydrogens (tertiary/aromatic N) is 1. The molecule has 0 heterocycles. The van der Waals surface area contributed by atoms with E-state index < -0.39 is 63.3 Å². The Hall–Kier alpha value is -3.06. The Morgan fingerprint density at radius 2 is 1.34 bits per heavy atom. The zero-order chi connectivity index (χ0) is 24.2. The van der Waals surface area contributed by atoms with Gasteiger partial charge < -0.3 is 10.1 Å². The molecule has 13 heteroatoms. The van der Waals surface area contributed by atoms with Crippen LogP contribution in [0.5, 0.6) is 0 Å². The van der Waals surface area contributed by atoms with Gasteiger partial charge in [-0.05, 0) is 24.3 Å². The first-order chi connectivity index (χ1) is 14.9. The third-order valence-electron chi connectivity index (χ3n) is 4.24. The highest BCUT2D eigenvalue weighted by molar-refractivity contribution is 7.89. The summed E-state index contributed by atoms with van der Waals surface area (Å²) in [7, 11) is -3.76. The van der Waals surface area contributed by atoms with Gasteiger partial charge in [-0.2, -0.15) is 4.31 Å². The van der Waals surface area contributed by atoms with Crippen LogP contribution in [0.2, 0.25) is 0 Å². The molecular weight excluding hydrogens is 463 g/mol. The Balaban J connectivity index is 2.07. The van der Waals surface area contributed by atoms with Crippen LogP contribution in [-0.4, -0.2) is 44.3 Å². The van der Waals surface area contributed by atoms with Crippen LogP contribution < -0.4 is 5.32 Å². The van der Waals surface area contributed by atoms with E-state index in [-0.39, 0.29) is 23.5 Å². The highest BCUT2D eigenvalue weighted by atomic mass is 32.2. The molecule has 0 atom stereocenters. The fraction of sp³-hybridized carbons (Fsp3) is 0.263. The molecule has 0 bridgehead atoms. The summed E-state index contributed by atoms with van der Waals surface area (Å²) < 4.78 is 97.1. The van der Waals surface area contributed by atoms with Crippen molar-refractivity contribution in [2.24, 2.45) is 0 Å². The molecule has 0 fully saturated rings. The highest BCUT2D eigenvalue weighted by Gasteiger charge is 2.27. The van der Waals surface area contributed by atoms with Crippen molar-refractivity contribution in [3.8, 4) is 0 Å². The van der Waals surface area contributed by atoms with E-state index in [4.69, 9.17) is 0 Å². The standard InChI is InChI=1S/C19H17F5N2O5S/c1-3-26(4-2)32(29,30)11-7-5-10(6-8-11)19(28)31-9-12(27)25-18-16(23)14(21)13(20)15(22)17(18)24/h5-8H,3-4,9H2,1-2H3,(H,25,27).